The van der Waals surface area contributed by atoms with Gasteiger partial charge in [0, 0.05) is 5.56 Å². The van der Waals surface area contributed by atoms with Gasteiger partial charge in [0.25, 0.3) is 0 Å². The summed E-state index contributed by atoms with van der Waals surface area (Å²) in [7, 11) is 0. The molecule has 0 atom stereocenters. The van der Waals surface area contributed by atoms with Gasteiger partial charge in [-0.05, 0) is 13.8 Å². The fourth-order valence-corrected chi connectivity index (χ4v) is 1.22. The van der Waals surface area contributed by atoms with Crippen LogP contribution >= 0.6 is 0 Å². The Morgan fingerprint density at radius 1 is 0.929 bits per heavy atom. The fraction of sp³-hybridized carbons (Fsp3) is 0.182. The molecule has 0 N–H and O–H groups in total. The molecule has 1 aromatic heterocycles. The van der Waals surface area contributed by atoms with Gasteiger partial charge < -0.3 is 0 Å². The van der Waals surface area contributed by atoms with Gasteiger partial charge in [0.1, 0.15) is 12.2 Å². The Hall–Kier alpha value is -1.77. The standard InChI is InChI=1S/C11H11N3/c1-8-3-5-10(6-4-8)11-13-7-12-9(2)14-11/h3-7H,1-2H3. The summed E-state index contributed by atoms with van der Waals surface area (Å²) in [6.45, 7) is 3.92. The molecule has 3 heteroatoms. The third-order valence-corrected chi connectivity index (χ3v) is 2.00. The first-order chi connectivity index (χ1) is 6.75. The van der Waals surface area contributed by atoms with Crippen molar-refractivity contribution in [3.63, 3.8) is 0 Å². The van der Waals surface area contributed by atoms with Crippen molar-refractivity contribution in [2.75, 3.05) is 0 Å². The lowest BCUT2D eigenvalue weighted by atomic mass is 10.1. The molecule has 0 unspecified atom stereocenters. The Kier molecular flexibility index (Phi) is 2.23. The molecule has 0 aliphatic rings. The molecule has 0 radical (unpaired) electrons. The Labute approximate surface area is 82.9 Å². The van der Waals surface area contributed by atoms with Crippen molar-refractivity contribution in [3.8, 4) is 11.4 Å². The van der Waals surface area contributed by atoms with Gasteiger partial charge in [-0.25, -0.2) is 15.0 Å². The second-order valence-corrected chi connectivity index (χ2v) is 3.22. The van der Waals surface area contributed by atoms with Gasteiger partial charge in [-0.15, -0.1) is 0 Å². The van der Waals surface area contributed by atoms with Crippen LogP contribution in [0.25, 0.3) is 11.4 Å². The van der Waals surface area contributed by atoms with E-state index in [2.05, 4.69) is 34.0 Å². The number of hydrogen-bond acceptors (Lipinski definition) is 3. The molecule has 70 valence electrons. The molecule has 2 rings (SSSR count). The maximum atomic E-state index is 4.25. The van der Waals surface area contributed by atoms with Crippen LogP contribution in [0.15, 0.2) is 30.6 Å². The first-order valence-electron chi connectivity index (χ1n) is 4.48. The summed E-state index contributed by atoms with van der Waals surface area (Å²) in [6, 6.07) is 8.14. The van der Waals surface area contributed by atoms with Crippen molar-refractivity contribution in [2.24, 2.45) is 0 Å². The van der Waals surface area contributed by atoms with Gasteiger partial charge in [-0.1, -0.05) is 29.8 Å². The average molecular weight is 185 g/mol. The molecule has 0 fully saturated rings. The van der Waals surface area contributed by atoms with Gasteiger partial charge in [0.05, 0.1) is 0 Å². The molecule has 0 aliphatic heterocycles. The molecule has 3 nitrogen and oxygen atoms in total. The lowest BCUT2D eigenvalue weighted by Crippen LogP contribution is -1.93. The Bertz CT molecular complexity index is 435. The van der Waals surface area contributed by atoms with Crippen LogP contribution in [-0.4, -0.2) is 15.0 Å². The summed E-state index contributed by atoms with van der Waals surface area (Å²) in [5.74, 6) is 1.48. The van der Waals surface area contributed by atoms with Crippen molar-refractivity contribution in [1.82, 2.24) is 15.0 Å². The number of aromatic nitrogens is 3. The summed E-state index contributed by atoms with van der Waals surface area (Å²) in [5.41, 5.74) is 2.26. The van der Waals surface area contributed by atoms with Crippen molar-refractivity contribution < 1.29 is 0 Å². The first-order valence-corrected chi connectivity index (χ1v) is 4.48. The number of aryl methyl sites for hydroxylation is 2. The molecule has 0 saturated heterocycles. The maximum Gasteiger partial charge on any atom is 0.162 e. The van der Waals surface area contributed by atoms with Crippen molar-refractivity contribution in [2.45, 2.75) is 13.8 Å². The van der Waals surface area contributed by atoms with E-state index in [9.17, 15) is 0 Å². The Morgan fingerprint density at radius 2 is 1.64 bits per heavy atom. The maximum absolute atomic E-state index is 4.25. The zero-order valence-electron chi connectivity index (χ0n) is 8.23. The summed E-state index contributed by atoms with van der Waals surface area (Å²) >= 11 is 0. The molecule has 0 amide bonds. The quantitative estimate of drug-likeness (QED) is 0.683. The second-order valence-electron chi connectivity index (χ2n) is 3.22. The highest BCUT2D eigenvalue weighted by Gasteiger charge is 2.00. The third-order valence-electron chi connectivity index (χ3n) is 2.00. The van der Waals surface area contributed by atoms with Crippen LogP contribution in [0, 0.1) is 13.8 Å². The van der Waals surface area contributed by atoms with E-state index in [1.807, 2.05) is 19.1 Å². The van der Waals surface area contributed by atoms with Gasteiger partial charge in [-0.3, -0.25) is 0 Å². The SMILES string of the molecule is Cc1ccc(-c2ncnc(C)n2)cc1. The largest absolute Gasteiger partial charge is 0.222 e. The van der Waals surface area contributed by atoms with Crippen LogP contribution in [0.2, 0.25) is 0 Å². The molecular formula is C11H11N3. The minimum Gasteiger partial charge on any atom is -0.222 e. The summed E-state index contributed by atoms with van der Waals surface area (Å²) in [4.78, 5) is 12.3. The summed E-state index contributed by atoms with van der Waals surface area (Å²) < 4.78 is 0. The van der Waals surface area contributed by atoms with Gasteiger partial charge in [-0.2, -0.15) is 0 Å². The van der Waals surface area contributed by atoms with E-state index in [0.717, 1.165) is 17.2 Å². The lowest BCUT2D eigenvalue weighted by Gasteiger charge is -2.00. The van der Waals surface area contributed by atoms with Gasteiger partial charge >= 0.3 is 0 Å². The molecule has 0 spiro atoms. The molecule has 0 saturated carbocycles. The van der Waals surface area contributed by atoms with E-state index in [-0.39, 0.29) is 0 Å². The van der Waals surface area contributed by atoms with Gasteiger partial charge in [0.2, 0.25) is 0 Å². The van der Waals surface area contributed by atoms with E-state index >= 15 is 0 Å². The highest BCUT2D eigenvalue weighted by molar-refractivity contribution is 5.54. The molecule has 1 heterocycles. The monoisotopic (exact) mass is 185 g/mol. The lowest BCUT2D eigenvalue weighted by molar-refractivity contribution is 0.983. The predicted molar refractivity (Wildman–Crippen MR) is 54.7 cm³/mol. The van der Waals surface area contributed by atoms with Crippen molar-refractivity contribution in [1.29, 1.82) is 0 Å². The summed E-state index contributed by atoms with van der Waals surface area (Å²) in [5, 5.41) is 0. The number of nitrogens with zero attached hydrogens (tertiary/aromatic N) is 3. The smallest absolute Gasteiger partial charge is 0.162 e. The van der Waals surface area contributed by atoms with E-state index in [1.165, 1.54) is 11.9 Å². The molecule has 14 heavy (non-hydrogen) atoms. The normalized spacial score (nSPS) is 10.1. The topological polar surface area (TPSA) is 38.7 Å². The average Bonchev–Trinajstić information content (AvgIpc) is 2.19. The molecule has 0 aliphatic carbocycles. The van der Waals surface area contributed by atoms with Crippen LogP contribution in [0.4, 0.5) is 0 Å². The van der Waals surface area contributed by atoms with E-state index < -0.39 is 0 Å². The third kappa shape index (κ3) is 1.76. The first kappa shape index (κ1) is 8.81. The van der Waals surface area contributed by atoms with E-state index in [4.69, 9.17) is 0 Å². The van der Waals surface area contributed by atoms with Crippen LogP contribution in [0.1, 0.15) is 11.4 Å². The minimum atomic E-state index is 0.734. The molecule has 2 aromatic rings. The number of rotatable bonds is 1. The predicted octanol–water partition coefficient (Wildman–Crippen LogP) is 2.16. The van der Waals surface area contributed by atoms with E-state index in [0.29, 0.717) is 0 Å². The fourth-order valence-electron chi connectivity index (χ4n) is 1.22. The number of benzene rings is 1. The van der Waals surface area contributed by atoms with Crippen LogP contribution in [0.3, 0.4) is 0 Å². The highest BCUT2D eigenvalue weighted by Crippen LogP contribution is 2.14. The van der Waals surface area contributed by atoms with Crippen LogP contribution in [0.5, 0.6) is 0 Å². The summed E-state index contributed by atoms with van der Waals surface area (Å²) in [6.07, 6.45) is 1.54. The van der Waals surface area contributed by atoms with Gasteiger partial charge in [0.15, 0.2) is 5.82 Å². The zero-order chi connectivity index (χ0) is 9.97. The Balaban J connectivity index is 2.44. The number of hydrogen-bond donors (Lipinski definition) is 0. The molecular weight excluding hydrogens is 174 g/mol. The molecule has 1 aromatic carbocycles. The van der Waals surface area contributed by atoms with Crippen LogP contribution < -0.4 is 0 Å². The van der Waals surface area contributed by atoms with E-state index in [1.54, 1.807) is 0 Å². The van der Waals surface area contributed by atoms with Crippen molar-refractivity contribution >= 4 is 0 Å². The Morgan fingerprint density at radius 3 is 2.29 bits per heavy atom. The molecule has 0 bridgehead atoms. The zero-order valence-corrected chi connectivity index (χ0v) is 8.23. The van der Waals surface area contributed by atoms with Crippen molar-refractivity contribution in [3.05, 3.63) is 42.0 Å². The highest BCUT2D eigenvalue weighted by atomic mass is 15.0. The minimum absolute atomic E-state index is 0.734. The van der Waals surface area contributed by atoms with Crippen LogP contribution in [-0.2, 0) is 0 Å². The second kappa shape index (κ2) is 3.54.